The van der Waals surface area contributed by atoms with Gasteiger partial charge in [0.25, 0.3) is 5.91 Å². The molecule has 13 heteroatoms. The van der Waals surface area contributed by atoms with Crippen molar-refractivity contribution in [1.82, 2.24) is 9.80 Å². The molecule has 2 aromatic rings. The van der Waals surface area contributed by atoms with Gasteiger partial charge in [-0.3, -0.25) is 14.5 Å². The summed E-state index contributed by atoms with van der Waals surface area (Å²) in [6.07, 6.45) is -4.65. The van der Waals surface area contributed by atoms with E-state index >= 15 is 0 Å². The third-order valence-electron chi connectivity index (χ3n) is 7.90. The zero-order valence-corrected chi connectivity index (χ0v) is 28.2. The van der Waals surface area contributed by atoms with Crippen LogP contribution in [0.25, 0.3) is 0 Å². The third-order valence-corrected chi connectivity index (χ3v) is 8.64. The number of fused-ring (bicyclic) bond motifs is 1. The molecule has 3 rings (SSSR count). The molecule has 2 amide bonds. The van der Waals surface area contributed by atoms with Gasteiger partial charge in [-0.25, -0.2) is 0 Å². The number of nitrogens with one attached hydrogen (secondary N) is 1. The van der Waals surface area contributed by atoms with Crippen molar-refractivity contribution in [3.05, 3.63) is 57.6 Å². The van der Waals surface area contributed by atoms with E-state index in [9.17, 15) is 27.9 Å². The number of hydrogen-bond acceptors (Lipinski definition) is 6. The lowest BCUT2D eigenvalue weighted by atomic mass is 10.0. The maximum absolute atomic E-state index is 14.2. The molecular weight excluding hydrogens is 646 g/mol. The normalized spacial score (nSPS) is 20.9. The van der Waals surface area contributed by atoms with Crippen molar-refractivity contribution in [2.24, 2.45) is 5.92 Å². The number of rotatable bonds is 9. The number of benzene rings is 2. The Morgan fingerprint density at radius 2 is 1.89 bits per heavy atom. The number of aliphatic hydroxyl groups excluding tert-OH is 1. The summed E-state index contributed by atoms with van der Waals surface area (Å²) >= 11 is 12.3. The van der Waals surface area contributed by atoms with Crippen molar-refractivity contribution >= 4 is 40.7 Å². The lowest BCUT2D eigenvalue weighted by Crippen LogP contribution is -2.47. The Morgan fingerprint density at radius 3 is 2.57 bits per heavy atom. The molecule has 0 aromatic heterocycles. The zero-order chi connectivity index (χ0) is 34.0. The number of carbonyl (C=O) groups excluding carboxylic acids is 2. The number of aliphatic hydroxyl groups is 1. The van der Waals surface area contributed by atoms with Crippen LogP contribution in [0.3, 0.4) is 0 Å². The fraction of sp³-hybridized carbons (Fsp3) is 0.576. The maximum atomic E-state index is 14.2. The summed E-state index contributed by atoms with van der Waals surface area (Å²) in [4.78, 5) is 30.1. The molecule has 1 aliphatic rings. The van der Waals surface area contributed by atoms with E-state index in [0.717, 1.165) is 18.4 Å². The molecule has 1 aliphatic heterocycles. The number of hydrogen-bond donors (Lipinski definition) is 2. The highest BCUT2D eigenvalue weighted by Crippen LogP contribution is 2.29. The predicted molar refractivity (Wildman–Crippen MR) is 174 cm³/mol. The quantitative estimate of drug-likeness (QED) is 0.289. The molecule has 0 bridgehead atoms. The number of ether oxygens (including phenoxy) is 2. The number of nitrogens with zero attached hydrogens (tertiary/aromatic N) is 2. The molecule has 0 fully saturated rings. The highest BCUT2D eigenvalue weighted by Gasteiger charge is 2.31. The van der Waals surface area contributed by atoms with Gasteiger partial charge in [0, 0.05) is 44.3 Å². The molecule has 2 N–H and O–H groups in total. The van der Waals surface area contributed by atoms with Gasteiger partial charge >= 0.3 is 6.18 Å². The Balaban J connectivity index is 1.88. The average molecular weight is 691 g/mol. The summed E-state index contributed by atoms with van der Waals surface area (Å²) in [5, 5.41) is 13.6. The van der Waals surface area contributed by atoms with Gasteiger partial charge in [-0.05, 0) is 76.1 Å². The molecule has 8 nitrogen and oxygen atoms in total. The molecule has 0 radical (unpaired) electrons. The summed E-state index contributed by atoms with van der Waals surface area (Å²) in [5.74, 6) is -1.13. The Hall–Kier alpha value is -2.57. The van der Waals surface area contributed by atoms with Gasteiger partial charge < -0.3 is 24.8 Å². The van der Waals surface area contributed by atoms with Crippen molar-refractivity contribution < 1.29 is 37.3 Å². The molecule has 0 unspecified atom stereocenters. The summed E-state index contributed by atoms with van der Waals surface area (Å²) < 4.78 is 50.5. The molecule has 0 aliphatic carbocycles. The van der Waals surface area contributed by atoms with Gasteiger partial charge in [-0.2, -0.15) is 13.2 Å². The Bertz CT molecular complexity index is 1320. The number of halogens is 5. The highest BCUT2D eigenvalue weighted by molar-refractivity contribution is 6.42. The van der Waals surface area contributed by atoms with Crippen LogP contribution in [0.5, 0.6) is 5.75 Å². The minimum absolute atomic E-state index is 0.138. The van der Waals surface area contributed by atoms with Crippen molar-refractivity contribution in [3.63, 3.8) is 0 Å². The second kappa shape index (κ2) is 17.5. The van der Waals surface area contributed by atoms with Crippen LogP contribution < -0.4 is 10.1 Å². The molecule has 0 saturated heterocycles. The van der Waals surface area contributed by atoms with E-state index in [0.29, 0.717) is 41.9 Å². The summed E-state index contributed by atoms with van der Waals surface area (Å²) in [5.41, 5.74) is 1.30. The van der Waals surface area contributed by atoms with Crippen LogP contribution in [0.2, 0.25) is 10.0 Å². The van der Waals surface area contributed by atoms with Gasteiger partial charge in [0.2, 0.25) is 5.91 Å². The number of amides is 2. The second-order valence-electron chi connectivity index (χ2n) is 12.1. The highest BCUT2D eigenvalue weighted by atomic mass is 35.5. The van der Waals surface area contributed by atoms with Crippen LogP contribution in [-0.4, -0.2) is 84.5 Å². The van der Waals surface area contributed by atoms with Crippen LogP contribution in [0.4, 0.5) is 18.9 Å². The summed E-state index contributed by atoms with van der Waals surface area (Å²) in [6, 6.07) is 9.40. The van der Waals surface area contributed by atoms with E-state index in [2.05, 4.69) is 10.2 Å². The van der Waals surface area contributed by atoms with Gasteiger partial charge in [0.05, 0.1) is 46.9 Å². The number of alkyl halides is 3. The van der Waals surface area contributed by atoms with Crippen molar-refractivity contribution in [1.29, 1.82) is 0 Å². The van der Waals surface area contributed by atoms with E-state index in [-0.39, 0.29) is 42.5 Å². The minimum Gasteiger partial charge on any atom is -0.490 e. The largest absolute Gasteiger partial charge is 0.490 e. The van der Waals surface area contributed by atoms with Crippen LogP contribution in [0.15, 0.2) is 36.4 Å². The van der Waals surface area contributed by atoms with Gasteiger partial charge in [-0.15, -0.1) is 0 Å². The first-order valence-corrected chi connectivity index (χ1v) is 16.3. The predicted octanol–water partition coefficient (Wildman–Crippen LogP) is 7.20. The third kappa shape index (κ3) is 11.9. The fourth-order valence-corrected chi connectivity index (χ4v) is 5.58. The first kappa shape index (κ1) is 37.9. The maximum Gasteiger partial charge on any atom is 0.389 e. The Morgan fingerprint density at radius 1 is 1.15 bits per heavy atom. The first-order valence-electron chi connectivity index (χ1n) is 15.5. The van der Waals surface area contributed by atoms with Crippen LogP contribution in [-0.2, 0) is 16.1 Å². The minimum atomic E-state index is -4.47. The van der Waals surface area contributed by atoms with Gasteiger partial charge in [0.15, 0.2) is 0 Å². The van der Waals surface area contributed by atoms with Crippen molar-refractivity contribution in [2.45, 2.75) is 83.8 Å². The number of likely N-dealkylation sites (N-methyl/N-ethyl adjacent to an activating group) is 1. The Kier molecular flexibility index (Phi) is 14.4. The number of carbonyl (C=O) groups is 2. The molecule has 4 atom stereocenters. The van der Waals surface area contributed by atoms with E-state index in [1.54, 1.807) is 24.0 Å². The van der Waals surface area contributed by atoms with Crippen molar-refractivity contribution in [3.8, 4) is 5.75 Å². The monoisotopic (exact) mass is 689 g/mol. The Labute approximate surface area is 279 Å². The first-order chi connectivity index (χ1) is 21.7. The topological polar surface area (TPSA) is 91.3 Å². The zero-order valence-electron chi connectivity index (χ0n) is 26.7. The van der Waals surface area contributed by atoms with Crippen LogP contribution in [0, 0.1) is 5.92 Å². The van der Waals surface area contributed by atoms with E-state index < -0.39 is 36.9 Å². The summed E-state index contributed by atoms with van der Waals surface area (Å²) in [6.45, 7) is 7.23. The SMILES string of the molecule is C[C@@H]1CCCCO[C@@H](CN(C)Cc2ccc(Cl)c(Cl)c2)[C@H](C)CN([C@H](C)CO)C(=O)c2cc(NC(=O)CCC(F)(F)F)ccc2O1. The van der Waals surface area contributed by atoms with Crippen LogP contribution in [0.1, 0.15) is 68.8 Å². The van der Waals surface area contributed by atoms with E-state index in [1.165, 1.54) is 12.1 Å². The van der Waals surface area contributed by atoms with Crippen molar-refractivity contribution in [2.75, 3.05) is 38.7 Å². The molecule has 0 saturated carbocycles. The molecule has 0 spiro atoms. The summed E-state index contributed by atoms with van der Waals surface area (Å²) in [7, 11) is 1.98. The number of anilines is 1. The van der Waals surface area contributed by atoms with Gasteiger partial charge in [-0.1, -0.05) is 36.2 Å². The van der Waals surface area contributed by atoms with Crippen LogP contribution >= 0.6 is 23.2 Å². The molecule has 256 valence electrons. The average Bonchev–Trinajstić information content (AvgIpc) is 2.99. The van der Waals surface area contributed by atoms with E-state index in [4.69, 9.17) is 32.7 Å². The standard InChI is InChI=1S/C33H44Cl2F3N3O5/c1-21-17-41(22(2)20-42)32(44)26-16-25(39-31(43)12-13-33(36,37)38)9-11-29(26)46-23(3)7-5-6-14-45-30(21)19-40(4)18-24-8-10-27(34)28(35)15-24/h8-11,15-16,21-23,30,42H,5-7,12-14,17-20H2,1-4H3,(H,39,43)/t21-,22-,23-,30+/m1/s1. The molecule has 46 heavy (non-hydrogen) atoms. The smallest absolute Gasteiger partial charge is 0.389 e. The lowest BCUT2D eigenvalue weighted by molar-refractivity contribution is -0.142. The molecule has 1 heterocycles. The lowest BCUT2D eigenvalue weighted by Gasteiger charge is -2.36. The fourth-order valence-electron chi connectivity index (χ4n) is 5.26. The molecular formula is C33H44Cl2F3N3O5. The second-order valence-corrected chi connectivity index (χ2v) is 12.9. The van der Waals surface area contributed by atoms with E-state index in [1.807, 2.05) is 33.0 Å². The van der Waals surface area contributed by atoms with Gasteiger partial charge in [0.1, 0.15) is 5.75 Å². The molecule has 2 aromatic carbocycles.